The Morgan fingerprint density at radius 1 is 1.48 bits per heavy atom. The minimum Gasteiger partial charge on any atom is -0.497 e. The van der Waals surface area contributed by atoms with Crippen molar-refractivity contribution in [1.29, 1.82) is 0 Å². The van der Waals surface area contributed by atoms with Gasteiger partial charge in [0.15, 0.2) is 0 Å². The van der Waals surface area contributed by atoms with E-state index in [1.807, 2.05) is 18.2 Å². The van der Waals surface area contributed by atoms with Crippen LogP contribution in [-0.4, -0.2) is 53.9 Å². The van der Waals surface area contributed by atoms with E-state index in [1.165, 1.54) is 16.7 Å². The lowest BCUT2D eigenvalue weighted by atomic mass is 9.87. The third kappa shape index (κ3) is 2.66. The number of rotatable bonds is 4. The largest absolute Gasteiger partial charge is 0.497 e. The Kier molecular flexibility index (Phi) is 3.69. The second-order valence-electron chi connectivity index (χ2n) is 5.66. The Balaban J connectivity index is 1.67. The summed E-state index contributed by atoms with van der Waals surface area (Å²) in [7, 11) is 1.65. The van der Waals surface area contributed by atoms with Crippen molar-refractivity contribution < 1.29 is 19.7 Å². The van der Waals surface area contributed by atoms with E-state index < -0.39 is 18.0 Å². The molecule has 1 aromatic carbocycles. The number of carbonyl (C=O) groups is 1. The van der Waals surface area contributed by atoms with Crippen molar-refractivity contribution in [3.8, 4) is 5.75 Å². The normalized spacial score (nSPS) is 24.8. The van der Waals surface area contributed by atoms with Crippen LogP contribution >= 0.6 is 0 Å². The summed E-state index contributed by atoms with van der Waals surface area (Å²) in [5.41, 5.74) is 3.56. The van der Waals surface area contributed by atoms with Gasteiger partial charge in [0, 0.05) is 19.6 Å². The molecule has 5 heteroatoms. The maximum absolute atomic E-state index is 11.1. The van der Waals surface area contributed by atoms with Crippen LogP contribution in [-0.2, 0) is 4.79 Å². The van der Waals surface area contributed by atoms with Gasteiger partial charge in [-0.3, -0.25) is 9.69 Å². The first-order chi connectivity index (χ1) is 10.1. The van der Waals surface area contributed by atoms with Crippen molar-refractivity contribution in [2.75, 3.05) is 26.7 Å². The molecule has 0 bridgehead atoms. The van der Waals surface area contributed by atoms with E-state index in [0.29, 0.717) is 13.0 Å². The summed E-state index contributed by atoms with van der Waals surface area (Å²) in [4.78, 5) is 13.2. The number of ether oxygens (including phenoxy) is 1. The van der Waals surface area contributed by atoms with Gasteiger partial charge in [0.1, 0.15) is 5.75 Å². The molecule has 1 aliphatic heterocycles. The van der Waals surface area contributed by atoms with Crippen LogP contribution in [0.1, 0.15) is 17.5 Å². The Bertz CT molecular complexity index is 596. The molecule has 0 radical (unpaired) electrons. The number of aliphatic carboxylic acids is 1. The highest BCUT2D eigenvalue weighted by atomic mass is 16.5. The van der Waals surface area contributed by atoms with Gasteiger partial charge in [0.2, 0.25) is 0 Å². The van der Waals surface area contributed by atoms with Gasteiger partial charge in [-0.1, -0.05) is 6.07 Å². The number of carboxylic acids is 1. The van der Waals surface area contributed by atoms with E-state index in [4.69, 9.17) is 9.84 Å². The highest BCUT2D eigenvalue weighted by Crippen LogP contribution is 2.36. The molecule has 0 spiro atoms. The Labute approximate surface area is 123 Å². The first-order valence-electron chi connectivity index (χ1n) is 7.10. The molecular weight excluding hydrogens is 270 g/mol. The van der Waals surface area contributed by atoms with Crippen molar-refractivity contribution in [1.82, 2.24) is 4.90 Å². The lowest BCUT2D eigenvalue weighted by Gasteiger charge is -2.36. The number of hydrogen-bond acceptors (Lipinski definition) is 4. The van der Waals surface area contributed by atoms with Gasteiger partial charge >= 0.3 is 5.97 Å². The molecule has 1 fully saturated rings. The van der Waals surface area contributed by atoms with Gasteiger partial charge in [-0.15, -0.1) is 0 Å². The highest BCUT2D eigenvalue weighted by molar-refractivity contribution is 5.96. The van der Waals surface area contributed by atoms with E-state index in [0.717, 1.165) is 18.8 Å². The molecule has 1 heterocycles. The number of methoxy groups -OCH3 is 1. The fraction of sp³-hybridized carbons (Fsp3) is 0.438. The minimum absolute atomic E-state index is 0.396. The molecule has 0 aromatic heterocycles. The van der Waals surface area contributed by atoms with E-state index in [2.05, 4.69) is 11.0 Å². The van der Waals surface area contributed by atoms with Gasteiger partial charge in [-0.25, -0.2) is 0 Å². The Morgan fingerprint density at radius 2 is 2.29 bits per heavy atom. The molecule has 0 unspecified atom stereocenters. The summed E-state index contributed by atoms with van der Waals surface area (Å²) >= 11 is 0. The maximum Gasteiger partial charge on any atom is 0.310 e. The van der Waals surface area contributed by atoms with Crippen LogP contribution in [0.25, 0.3) is 11.6 Å². The van der Waals surface area contributed by atoms with Gasteiger partial charge < -0.3 is 14.9 Å². The molecule has 1 aromatic rings. The van der Waals surface area contributed by atoms with E-state index in [-0.39, 0.29) is 0 Å². The Morgan fingerprint density at radius 3 is 3.00 bits per heavy atom. The fourth-order valence-electron chi connectivity index (χ4n) is 3.02. The number of aliphatic hydroxyl groups excluding tert-OH is 1. The number of nitrogens with zero attached hydrogens (tertiary/aromatic N) is 1. The van der Waals surface area contributed by atoms with Crippen LogP contribution < -0.4 is 4.74 Å². The molecule has 5 nitrogen and oxygen atoms in total. The van der Waals surface area contributed by atoms with Crippen molar-refractivity contribution in [3.05, 3.63) is 29.3 Å². The third-order valence-electron chi connectivity index (χ3n) is 4.31. The van der Waals surface area contributed by atoms with Gasteiger partial charge in [-0.2, -0.15) is 0 Å². The van der Waals surface area contributed by atoms with Crippen LogP contribution in [0.4, 0.5) is 0 Å². The first-order valence-corrected chi connectivity index (χ1v) is 7.10. The van der Waals surface area contributed by atoms with Gasteiger partial charge in [0.05, 0.1) is 19.1 Å². The molecule has 2 N–H and O–H groups in total. The van der Waals surface area contributed by atoms with E-state index in [1.54, 1.807) is 7.11 Å². The SMILES string of the molecule is COc1ccc2c(c1)C(CN1CC[C@@H](O)[C@@H](C(=O)O)C1)=C2. The van der Waals surface area contributed by atoms with Crippen LogP contribution in [0, 0.1) is 5.92 Å². The van der Waals surface area contributed by atoms with Gasteiger partial charge in [-0.05, 0) is 41.3 Å². The highest BCUT2D eigenvalue weighted by Gasteiger charge is 2.33. The average Bonchev–Trinajstić information content (AvgIpc) is 2.46. The van der Waals surface area contributed by atoms with Crippen molar-refractivity contribution in [3.63, 3.8) is 0 Å². The minimum atomic E-state index is -0.920. The third-order valence-corrected chi connectivity index (χ3v) is 4.31. The molecule has 2 atom stereocenters. The number of carboxylic acid groups (broad SMARTS) is 1. The monoisotopic (exact) mass is 289 g/mol. The van der Waals surface area contributed by atoms with Crippen LogP contribution in [0.3, 0.4) is 0 Å². The van der Waals surface area contributed by atoms with Crippen molar-refractivity contribution in [2.45, 2.75) is 12.5 Å². The topological polar surface area (TPSA) is 70.0 Å². The molecule has 0 amide bonds. The second kappa shape index (κ2) is 5.50. The molecule has 0 saturated carbocycles. The van der Waals surface area contributed by atoms with Crippen LogP contribution in [0.15, 0.2) is 18.2 Å². The molecule has 21 heavy (non-hydrogen) atoms. The van der Waals surface area contributed by atoms with E-state index >= 15 is 0 Å². The lowest BCUT2D eigenvalue weighted by molar-refractivity contribution is -0.148. The summed E-state index contributed by atoms with van der Waals surface area (Å²) in [6.45, 7) is 1.84. The number of fused-ring (bicyclic) bond motifs is 1. The smallest absolute Gasteiger partial charge is 0.310 e. The predicted molar refractivity (Wildman–Crippen MR) is 79.1 cm³/mol. The summed E-state index contributed by atoms with van der Waals surface area (Å²) in [5.74, 6) is -0.780. The number of hydrogen-bond donors (Lipinski definition) is 2. The first kappa shape index (κ1) is 14.1. The number of benzene rings is 1. The zero-order valence-electron chi connectivity index (χ0n) is 12.0. The van der Waals surface area contributed by atoms with E-state index in [9.17, 15) is 9.90 Å². The standard InChI is InChI=1S/C16H19NO4/c1-21-12-3-2-10-6-11(13(10)7-12)8-17-5-4-15(18)14(9-17)16(19)20/h2-3,6-7,14-15,18H,4-5,8-9H2,1H3,(H,19,20)/t14-,15+/m0/s1. The Hall–Kier alpha value is -1.85. The van der Waals surface area contributed by atoms with Crippen LogP contribution in [0.2, 0.25) is 0 Å². The molecular formula is C16H19NO4. The summed E-state index contributed by atoms with van der Waals surface area (Å²) < 4.78 is 5.23. The average molecular weight is 289 g/mol. The zero-order valence-corrected chi connectivity index (χ0v) is 12.0. The van der Waals surface area contributed by atoms with Gasteiger partial charge in [0.25, 0.3) is 0 Å². The molecule has 1 saturated heterocycles. The van der Waals surface area contributed by atoms with Crippen LogP contribution in [0.5, 0.6) is 5.75 Å². The lowest BCUT2D eigenvalue weighted by Crippen LogP contribution is -2.47. The summed E-state index contributed by atoms with van der Waals surface area (Å²) in [6.07, 6.45) is 1.90. The summed E-state index contributed by atoms with van der Waals surface area (Å²) in [6, 6.07) is 5.97. The fourth-order valence-corrected chi connectivity index (χ4v) is 3.02. The molecule has 1 aliphatic carbocycles. The molecule has 112 valence electrons. The molecule has 3 rings (SSSR count). The quantitative estimate of drug-likeness (QED) is 0.875. The molecule has 2 aliphatic rings. The summed E-state index contributed by atoms with van der Waals surface area (Å²) in [5, 5.41) is 18.9. The number of aliphatic hydroxyl groups is 1. The zero-order chi connectivity index (χ0) is 15.0. The van der Waals surface area contributed by atoms with Crippen molar-refractivity contribution in [2.24, 2.45) is 5.92 Å². The van der Waals surface area contributed by atoms with Crippen molar-refractivity contribution >= 4 is 17.6 Å². The maximum atomic E-state index is 11.1. The predicted octanol–water partition coefficient (Wildman–Crippen LogP) is 1.32. The number of piperidine rings is 1. The second-order valence-corrected chi connectivity index (χ2v) is 5.66. The number of likely N-dealkylation sites (tertiary alicyclic amines) is 1.